The van der Waals surface area contributed by atoms with Crippen LogP contribution in [0.5, 0.6) is 5.75 Å². The van der Waals surface area contributed by atoms with E-state index in [0.717, 1.165) is 0 Å². The van der Waals surface area contributed by atoms with Gasteiger partial charge in [0.2, 0.25) is 21.8 Å². The van der Waals surface area contributed by atoms with E-state index in [1.54, 1.807) is 6.07 Å². The van der Waals surface area contributed by atoms with E-state index in [0.29, 0.717) is 18.8 Å². The smallest absolute Gasteiger partial charge is 0.246 e. The van der Waals surface area contributed by atoms with Gasteiger partial charge in [0.05, 0.1) is 26.9 Å². The molecule has 1 saturated heterocycles. The first kappa shape index (κ1) is 25.3. The van der Waals surface area contributed by atoms with Crippen LogP contribution in [-0.4, -0.2) is 76.4 Å². The molecule has 0 unspecified atom stereocenters. The molecule has 0 aliphatic carbocycles. The third-order valence-electron chi connectivity index (χ3n) is 5.06. The Kier molecular flexibility index (Phi) is 8.37. The maximum atomic E-state index is 13.2. The number of amides is 2. The number of carbonyl (C=O) groups is 2. The van der Waals surface area contributed by atoms with Gasteiger partial charge < -0.3 is 19.7 Å². The van der Waals surface area contributed by atoms with Crippen LogP contribution in [0.2, 0.25) is 0 Å². The normalized spacial score (nSPS) is 14.7. The maximum Gasteiger partial charge on any atom is 0.246 e. The number of carbonyl (C=O) groups excluding carboxylic acids is 2. The lowest BCUT2D eigenvalue weighted by atomic mass is 10.2. The fourth-order valence-corrected chi connectivity index (χ4v) is 4.88. The van der Waals surface area contributed by atoms with E-state index in [4.69, 9.17) is 9.47 Å². The molecule has 0 radical (unpaired) electrons. The number of methoxy groups -OCH3 is 1. The molecule has 2 amide bonds. The highest BCUT2D eigenvalue weighted by Gasteiger charge is 2.29. The zero-order chi connectivity index (χ0) is 24.7. The number of likely N-dealkylation sites (N-methyl/N-ethyl adjacent to an activating group) is 1. The molecule has 11 heteroatoms. The standard InChI is InChI=1S/C23H26FN3O6S/c1-26(16-22(28)25-19-5-3-4-18(24)15-19)23(29)9-7-17-6-8-20(32-2)21(14-17)34(30,31)27-10-12-33-13-11-27/h3-9,14-15H,10-13,16H2,1-2H3,(H,25,28)/b9-7+. The first-order valence-corrected chi connectivity index (χ1v) is 11.9. The molecule has 0 spiro atoms. The van der Waals surface area contributed by atoms with E-state index in [-0.39, 0.29) is 36.0 Å². The first-order valence-electron chi connectivity index (χ1n) is 10.5. The molecule has 1 fully saturated rings. The Morgan fingerprint density at radius 2 is 1.94 bits per heavy atom. The van der Waals surface area contributed by atoms with E-state index in [2.05, 4.69) is 5.32 Å². The third kappa shape index (κ3) is 6.40. The number of anilines is 1. The van der Waals surface area contributed by atoms with Gasteiger partial charge in [0.25, 0.3) is 0 Å². The molecule has 0 atom stereocenters. The fraction of sp³-hybridized carbons (Fsp3) is 0.304. The highest BCUT2D eigenvalue weighted by Crippen LogP contribution is 2.28. The van der Waals surface area contributed by atoms with Crippen LogP contribution in [0.25, 0.3) is 6.08 Å². The summed E-state index contributed by atoms with van der Waals surface area (Å²) in [6, 6.07) is 10.0. The fourth-order valence-electron chi connectivity index (χ4n) is 3.28. The number of benzene rings is 2. The lowest BCUT2D eigenvalue weighted by Crippen LogP contribution is -2.40. The van der Waals surface area contributed by atoms with Crippen LogP contribution in [0.3, 0.4) is 0 Å². The van der Waals surface area contributed by atoms with Gasteiger partial charge in [0.15, 0.2) is 0 Å². The number of nitrogens with one attached hydrogen (secondary N) is 1. The molecule has 9 nitrogen and oxygen atoms in total. The molecule has 3 rings (SSSR count). The van der Waals surface area contributed by atoms with Crippen LogP contribution in [-0.2, 0) is 24.3 Å². The quantitative estimate of drug-likeness (QED) is 0.566. The summed E-state index contributed by atoms with van der Waals surface area (Å²) in [6.45, 7) is 0.863. The van der Waals surface area contributed by atoms with Crippen LogP contribution in [0.1, 0.15) is 5.56 Å². The van der Waals surface area contributed by atoms with Crippen molar-refractivity contribution in [2.75, 3.05) is 52.3 Å². The molecule has 34 heavy (non-hydrogen) atoms. The summed E-state index contributed by atoms with van der Waals surface area (Å²) in [5.74, 6) is -1.25. The average Bonchev–Trinajstić information content (AvgIpc) is 2.82. The zero-order valence-corrected chi connectivity index (χ0v) is 19.7. The SMILES string of the molecule is COc1ccc(/C=C/C(=O)N(C)CC(=O)Nc2cccc(F)c2)cc1S(=O)(=O)N1CCOCC1. The van der Waals surface area contributed by atoms with Crippen LogP contribution >= 0.6 is 0 Å². The van der Waals surface area contributed by atoms with Crippen molar-refractivity contribution in [2.24, 2.45) is 0 Å². The second-order valence-corrected chi connectivity index (χ2v) is 9.42. The van der Waals surface area contributed by atoms with Crippen molar-refractivity contribution in [3.05, 3.63) is 59.9 Å². The Hall–Kier alpha value is -3.28. The highest BCUT2D eigenvalue weighted by molar-refractivity contribution is 7.89. The summed E-state index contributed by atoms with van der Waals surface area (Å²) in [5, 5.41) is 2.52. The maximum absolute atomic E-state index is 13.2. The molecule has 182 valence electrons. The number of ether oxygens (including phenoxy) is 2. The molecule has 0 aromatic heterocycles. The van der Waals surface area contributed by atoms with Crippen molar-refractivity contribution in [3.63, 3.8) is 0 Å². The molecule has 1 aliphatic heterocycles. The molecule has 2 aromatic rings. The van der Waals surface area contributed by atoms with Gasteiger partial charge in [-0.1, -0.05) is 12.1 Å². The lowest BCUT2D eigenvalue weighted by molar-refractivity contribution is -0.129. The number of morpholine rings is 1. The largest absolute Gasteiger partial charge is 0.495 e. The summed E-state index contributed by atoms with van der Waals surface area (Å²) in [7, 11) is -0.981. The van der Waals surface area contributed by atoms with Crippen molar-refractivity contribution in [1.29, 1.82) is 0 Å². The number of nitrogens with zero attached hydrogens (tertiary/aromatic N) is 2. The van der Waals surface area contributed by atoms with Gasteiger partial charge in [-0.25, -0.2) is 12.8 Å². The molecule has 0 bridgehead atoms. The Bertz CT molecular complexity index is 1180. The Morgan fingerprint density at radius 3 is 2.62 bits per heavy atom. The summed E-state index contributed by atoms with van der Waals surface area (Å²) < 4.78 is 51.2. The highest BCUT2D eigenvalue weighted by atomic mass is 32.2. The van der Waals surface area contributed by atoms with Crippen LogP contribution in [0.4, 0.5) is 10.1 Å². The first-order chi connectivity index (χ1) is 16.2. The van der Waals surface area contributed by atoms with E-state index in [1.807, 2.05) is 0 Å². The molecular weight excluding hydrogens is 465 g/mol. The second-order valence-electron chi connectivity index (χ2n) is 7.51. The molecule has 0 saturated carbocycles. The van der Waals surface area contributed by atoms with Crippen molar-refractivity contribution < 1.29 is 31.9 Å². The van der Waals surface area contributed by atoms with Gasteiger partial charge in [-0.05, 0) is 42.0 Å². The number of hydrogen-bond acceptors (Lipinski definition) is 6. The van der Waals surface area contributed by atoms with Crippen LogP contribution < -0.4 is 10.1 Å². The summed E-state index contributed by atoms with van der Waals surface area (Å²) in [5.41, 5.74) is 0.757. The molecule has 1 aliphatic rings. The van der Waals surface area contributed by atoms with Gasteiger partial charge in [0, 0.05) is 31.9 Å². The van der Waals surface area contributed by atoms with Crippen LogP contribution in [0.15, 0.2) is 53.4 Å². The minimum Gasteiger partial charge on any atom is -0.495 e. The molecule has 2 aromatic carbocycles. The zero-order valence-electron chi connectivity index (χ0n) is 18.9. The van der Waals surface area contributed by atoms with Gasteiger partial charge in [-0.15, -0.1) is 0 Å². The average molecular weight is 492 g/mol. The summed E-state index contributed by atoms with van der Waals surface area (Å²) in [4.78, 5) is 25.8. The topological polar surface area (TPSA) is 105 Å². The van der Waals surface area contributed by atoms with E-state index >= 15 is 0 Å². The van der Waals surface area contributed by atoms with Crippen molar-refractivity contribution >= 4 is 33.6 Å². The predicted octanol–water partition coefficient (Wildman–Crippen LogP) is 1.97. The Balaban J connectivity index is 1.68. The molecule has 1 heterocycles. The van der Waals surface area contributed by atoms with Crippen molar-refractivity contribution in [1.82, 2.24) is 9.21 Å². The van der Waals surface area contributed by atoms with Gasteiger partial charge >= 0.3 is 0 Å². The van der Waals surface area contributed by atoms with Crippen LogP contribution in [0, 0.1) is 5.82 Å². The van der Waals surface area contributed by atoms with E-state index < -0.39 is 27.7 Å². The van der Waals surface area contributed by atoms with Crippen molar-refractivity contribution in [2.45, 2.75) is 4.90 Å². The summed E-state index contributed by atoms with van der Waals surface area (Å²) in [6.07, 6.45) is 2.70. The number of hydrogen-bond donors (Lipinski definition) is 1. The Morgan fingerprint density at radius 1 is 1.21 bits per heavy atom. The van der Waals surface area contributed by atoms with E-state index in [9.17, 15) is 22.4 Å². The second kappa shape index (κ2) is 11.2. The predicted molar refractivity (Wildman–Crippen MR) is 124 cm³/mol. The van der Waals surface area contributed by atoms with Gasteiger partial charge in [0.1, 0.15) is 16.5 Å². The third-order valence-corrected chi connectivity index (χ3v) is 6.98. The number of sulfonamides is 1. The minimum absolute atomic E-state index is 0.00525. The van der Waals surface area contributed by atoms with Crippen molar-refractivity contribution in [3.8, 4) is 5.75 Å². The number of halogens is 1. The molecular formula is C23H26FN3O6S. The lowest BCUT2D eigenvalue weighted by Gasteiger charge is -2.26. The monoisotopic (exact) mass is 491 g/mol. The Labute approximate surface area is 197 Å². The molecule has 1 N–H and O–H groups in total. The summed E-state index contributed by atoms with van der Waals surface area (Å²) >= 11 is 0. The minimum atomic E-state index is -3.81. The van der Waals surface area contributed by atoms with E-state index in [1.165, 1.54) is 71.9 Å². The van der Waals surface area contributed by atoms with Gasteiger partial charge in [-0.2, -0.15) is 4.31 Å². The number of rotatable bonds is 8. The van der Waals surface area contributed by atoms with Gasteiger partial charge in [-0.3, -0.25) is 9.59 Å².